The molecule has 12 heavy (non-hydrogen) atoms. The van der Waals surface area contributed by atoms with Crippen molar-refractivity contribution in [1.82, 2.24) is 0 Å². The summed E-state index contributed by atoms with van der Waals surface area (Å²) in [5, 5.41) is 8.96. The van der Waals surface area contributed by atoms with Gasteiger partial charge in [-0.05, 0) is 32.6 Å². The van der Waals surface area contributed by atoms with E-state index in [-0.39, 0.29) is 6.10 Å². The molecule has 0 saturated carbocycles. The summed E-state index contributed by atoms with van der Waals surface area (Å²) in [5.41, 5.74) is 0. The van der Waals surface area contributed by atoms with Crippen LogP contribution in [-0.4, -0.2) is 11.2 Å². The molecule has 0 aromatic carbocycles. The summed E-state index contributed by atoms with van der Waals surface area (Å²) < 4.78 is 0. The van der Waals surface area contributed by atoms with Crippen LogP contribution in [-0.2, 0) is 0 Å². The van der Waals surface area contributed by atoms with Crippen molar-refractivity contribution in [3.63, 3.8) is 0 Å². The number of hydrogen-bond acceptors (Lipinski definition) is 1. The zero-order valence-corrected chi connectivity index (χ0v) is 8.42. The van der Waals surface area contributed by atoms with Crippen molar-refractivity contribution >= 4 is 0 Å². The minimum atomic E-state index is -0.148. The summed E-state index contributed by atoms with van der Waals surface area (Å²) >= 11 is 0. The Hall–Kier alpha value is -0.300. The molecule has 0 rings (SSSR count). The third-order valence-corrected chi connectivity index (χ3v) is 1.89. The Kier molecular flexibility index (Phi) is 8.57. The first-order valence-corrected chi connectivity index (χ1v) is 5.10. The highest BCUT2D eigenvalue weighted by Gasteiger charge is 1.90. The van der Waals surface area contributed by atoms with Gasteiger partial charge in [-0.1, -0.05) is 31.9 Å². The summed E-state index contributed by atoms with van der Waals surface area (Å²) in [5.74, 6) is 0. The maximum atomic E-state index is 8.96. The Bertz CT molecular complexity index is 106. The molecule has 1 atom stereocenters. The second-order valence-electron chi connectivity index (χ2n) is 3.39. The average Bonchev–Trinajstić information content (AvgIpc) is 2.02. The van der Waals surface area contributed by atoms with Crippen molar-refractivity contribution in [2.45, 2.75) is 58.5 Å². The number of rotatable bonds is 7. The Morgan fingerprint density at radius 1 is 1.17 bits per heavy atom. The van der Waals surface area contributed by atoms with Crippen LogP contribution in [0.4, 0.5) is 0 Å². The highest BCUT2D eigenvalue weighted by molar-refractivity contribution is 4.81. The molecule has 0 aliphatic carbocycles. The number of aliphatic hydroxyl groups excluding tert-OH is 1. The zero-order valence-electron chi connectivity index (χ0n) is 8.42. The fourth-order valence-electron chi connectivity index (χ4n) is 1.09. The molecule has 0 fully saturated rings. The zero-order chi connectivity index (χ0) is 9.23. The Labute approximate surface area is 76.5 Å². The minimum absolute atomic E-state index is 0.148. The first-order chi connectivity index (χ1) is 5.77. The Morgan fingerprint density at radius 3 is 2.42 bits per heavy atom. The smallest absolute Gasteiger partial charge is 0.0515 e. The lowest BCUT2D eigenvalue weighted by atomic mass is 10.1. The van der Waals surface area contributed by atoms with Gasteiger partial charge in [0.25, 0.3) is 0 Å². The highest BCUT2D eigenvalue weighted by Crippen LogP contribution is 2.02. The van der Waals surface area contributed by atoms with Gasteiger partial charge in [-0.2, -0.15) is 0 Å². The molecule has 0 bridgehead atoms. The van der Waals surface area contributed by atoms with E-state index in [0.29, 0.717) is 0 Å². The van der Waals surface area contributed by atoms with Gasteiger partial charge in [0, 0.05) is 0 Å². The van der Waals surface area contributed by atoms with Crippen LogP contribution < -0.4 is 0 Å². The lowest BCUT2D eigenvalue weighted by Gasteiger charge is -1.98. The van der Waals surface area contributed by atoms with E-state index in [1.807, 2.05) is 6.92 Å². The summed E-state index contributed by atoms with van der Waals surface area (Å²) in [6.07, 6.45) is 11.3. The van der Waals surface area contributed by atoms with Crippen molar-refractivity contribution in [3.8, 4) is 0 Å². The van der Waals surface area contributed by atoms with E-state index < -0.39 is 0 Å². The molecule has 1 heteroatoms. The van der Waals surface area contributed by atoms with Crippen LogP contribution in [0, 0.1) is 0 Å². The van der Waals surface area contributed by atoms with Crippen LogP contribution in [0.5, 0.6) is 0 Å². The fourth-order valence-corrected chi connectivity index (χ4v) is 1.09. The second-order valence-corrected chi connectivity index (χ2v) is 3.39. The molecule has 0 aromatic rings. The third kappa shape index (κ3) is 9.70. The van der Waals surface area contributed by atoms with Crippen molar-refractivity contribution < 1.29 is 5.11 Å². The van der Waals surface area contributed by atoms with Crippen LogP contribution >= 0.6 is 0 Å². The van der Waals surface area contributed by atoms with Gasteiger partial charge in [-0.25, -0.2) is 0 Å². The molecular formula is C11H22O. The van der Waals surface area contributed by atoms with E-state index in [0.717, 1.165) is 12.8 Å². The molecule has 0 heterocycles. The molecule has 0 aliphatic heterocycles. The van der Waals surface area contributed by atoms with Gasteiger partial charge in [0.1, 0.15) is 0 Å². The van der Waals surface area contributed by atoms with E-state index >= 15 is 0 Å². The molecule has 0 saturated heterocycles. The Balaban J connectivity index is 3.04. The first-order valence-electron chi connectivity index (χ1n) is 5.10. The molecule has 1 unspecified atom stereocenters. The van der Waals surface area contributed by atoms with Crippen LogP contribution in [0.2, 0.25) is 0 Å². The molecule has 0 aliphatic rings. The Morgan fingerprint density at radius 2 is 1.83 bits per heavy atom. The summed E-state index contributed by atoms with van der Waals surface area (Å²) in [6.45, 7) is 4.06. The van der Waals surface area contributed by atoms with Crippen LogP contribution in [0.15, 0.2) is 12.2 Å². The van der Waals surface area contributed by atoms with Crippen molar-refractivity contribution in [3.05, 3.63) is 12.2 Å². The van der Waals surface area contributed by atoms with Crippen molar-refractivity contribution in [1.29, 1.82) is 0 Å². The van der Waals surface area contributed by atoms with E-state index in [9.17, 15) is 0 Å². The van der Waals surface area contributed by atoms with Gasteiger partial charge in [0.05, 0.1) is 6.10 Å². The molecule has 0 aromatic heterocycles. The molecule has 1 N–H and O–H groups in total. The standard InChI is InChI=1S/C11H22O/c1-3-4-5-6-7-8-9-10-11(2)12/h7-8,11-12H,3-6,9-10H2,1-2H3. The maximum Gasteiger partial charge on any atom is 0.0515 e. The van der Waals surface area contributed by atoms with Crippen LogP contribution in [0.25, 0.3) is 0 Å². The van der Waals surface area contributed by atoms with Crippen LogP contribution in [0.1, 0.15) is 52.4 Å². The quantitative estimate of drug-likeness (QED) is 0.459. The normalized spacial score (nSPS) is 13.9. The lowest BCUT2D eigenvalue weighted by Crippen LogP contribution is -1.96. The van der Waals surface area contributed by atoms with Gasteiger partial charge < -0.3 is 5.11 Å². The monoisotopic (exact) mass is 170 g/mol. The molecule has 72 valence electrons. The summed E-state index contributed by atoms with van der Waals surface area (Å²) in [4.78, 5) is 0. The molecule has 0 spiro atoms. The molecule has 0 radical (unpaired) electrons. The number of hydrogen-bond donors (Lipinski definition) is 1. The van der Waals surface area contributed by atoms with E-state index in [1.165, 1.54) is 25.7 Å². The van der Waals surface area contributed by atoms with Crippen molar-refractivity contribution in [2.24, 2.45) is 0 Å². The fraction of sp³-hybridized carbons (Fsp3) is 0.818. The highest BCUT2D eigenvalue weighted by atomic mass is 16.3. The number of aliphatic hydroxyl groups is 1. The SMILES string of the molecule is CCCCCC=CCCC(C)O. The predicted octanol–water partition coefficient (Wildman–Crippen LogP) is 3.28. The minimum Gasteiger partial charge on any atom is -0.393 e. The molecular weight excluding hydrogens is 148 g/mol. The van der Waals surface area contributed by atoms with Crippen LogP contribution in [0.3, 0.4) is 0 Å². The summed E-state index contributed by atoms with van der Waals surface area (Å²) in [6, 6.07) is 0. The van der Waals surface area contributed by atoms with E-state index in [2.05, 4.69) is 19.1 Å². The van der Waals surface area contributed by atoms with Crippen molar-refractivity contribution in [2.75, 3.05) is 0 Å². The largest absolute Gasteiger partial charge is 0.393 e. The topological polar surface area (TPSA) is 20.2 Å². The van der Waals surface area contributed by atoms with Gasteiger partial charge in [0.15, 0.2) is 0 Å². The lowest BCUT2D eigenvalue weighted by molar-refractivity contribution is 0.186. The maximum absolute atomic E-state index is 8.96. The van der Waals surface area contributed by atoms with Gasteiger partial charge in [-0.15, -0.1) is 0 Å². The number of allylic oxidation sites excluding steroid dienone is 2. The predicted molar refractivity (Wildman–Crippen MR) is 54.2 cm³/mol. The average molecular weight is 170 g/mol. The number of unbranched alkanes of at least 4 members (excludes halogenated alkanes) is 3. The second kappa shape index (κ2) is 8.79. The third-order valence-electron chi connectivity index (χ3n) is 1.89. The van der Waals surface area contributed by atoms with Gasteiger partial charge in [-0.3, -0.25) is 0 Å². The first kappa shape index (κ1) is 11.7. The van der Waals surface area contributed by atoms with E-state index in [1.54, 1.807) is 0 Å². The molecule has 1 nitrogen and oxygen atoms in total. The van der Waals surface area contributed by atoms with Gasteiger partial charge in [0.2, 0.25) is 0 Å². The van der Waals surface area contributed by atoms with E-state index in [4.69, 9.17) is 5.11 Å². The summed E-state index contributed by atoms with van der Waals surface area (Å²) in [7, 11) is 0. The molecule has 0 amide bonds. The van der Waals surface area contributed by atoms with Gasteiger partial charge >= 0.3 is 0 Å².